The topological polar surface area (TPSA) is 8.17 Å². The van der Waals surface area contributed by atoms with Crippen LogP contribution in [0.25, 0.3) is 93.2 Å². The van der Waals surface area contributed by atoms with Crippen molar-refractivity contribution in [3.63, 3.8) is 0 Å². The molecule has 1 saturated carbocycles. The van der Waals surface area contributed by atoms with Crippen LogP contribution in [0.1, 0.15) is 43.6 Å². The fourth-order valence-corrected chi connectivity index (χ4v) is 11.6. The van der Waals surface area contributed by atoms with E-state index in [0.717, 1.165) is 22.7 Å². The highest BCUT2D eigenvalue weighted by molar-refractivity contribution is 6.13. The van der Waals surface area contributed by atoms with Gasteiger partial charge in [-0.25, -0.2) is 0 Å². The first kappa shape index (κ1) is 40.1. The zero-order valence-electron chi connectivity index (χ0n) is 38.0. The van der Waals surface area contributed by atoms with Gasteiger partial charge in [-0.1, -0.05) is 201 Å². The molecule has 68 heavy (non-hydrogen) atoms. The summed E-state index contributed by atoms with van der Waals surface area (Å²) in [5.41, 5.74) is 15.7. The molecule has 1 fully saturated rings. The van der Waals surface area contributed by atoms with Crippen LogP contribution >= 0.6 is 0 Å². The van der Waals surface area contributed by atoms with Gasteiger partial charge in [0.05, 0.1) is 22.4 Å². The molecule has 1 aliphatic carbocycles. The number of para-hydroxylation sites is 4. The highest BCUT2D eigenvalue weighted by atomic mass is 15.1. The molecule has 0 radical (unpaired) electrons. The molecule has 2 nitrogen and oxygen atoms in total. The molecule has 0 unspecified atom stereocenters. The monoisotopic (exact) mass is 870 g/mol. The summed E-state index contributed by atoms with van der Waals surface area (Å²) in [7, 11) is 0. The van der Waals surface area contributed by atoms with Crippen LogP contribution in [-0.2, 0) is 0 Å². The Morgan fingerprint density at radius 3 is 1.79 bits per heavy atom. The fraction of sp³-hybridized carbons (Fsp3) is 0.0909. The van der Waals surface area contributed by atoms with Crippen LogP contribution in [0.15, 0.2) is 237 Å². The largest absolute Gasteiger partial charge is 0.309 e. The molecule has 0 spiro atoms. The molecule has 12 aromatic rings. The van der Waals surface area contributed by atoms with E-state index in [-0.39, 0.29) is 0 Å². The summed E-state index contributed by atoms with van der Waals surface area (Å²) in [5, 5.41) is 10.3. The van der Waals surface area contributed by atoms with E-state index >= 15 is 0 Å². The van der Waals surface area contributed by atoms with Gasteiger partial charge in [-0.05, 0) is 133 Å². The minimum atomic E-state index is 0.569. The van der Waals surface area contributed by atoms with Crippen LogP contribution in [-0.4, -0.2) is 4.57 Å². The molecular formula is C66H50N2. The third kappa shape index (κ3) is 6.78. The van der Waals surface area contributed by atoms with Crippen molar-refractivity contribution in [1.82, 2.24) is 4.57 Å². The van der Waals surface area contributed by atoms with Gasteiger partial charge in [-0.15, -0.1) is 0 Å². The molecule has 1 heterocycles. The molecule has 0 aliphatic heterocycles. The van der Waals surface area contributed by atoms with Crippen molar-refractivity contribution in [1.29, 1.82) is 0 Å². The average molecular weight is 871 g/mol. The van der Waals surface area contributed by atoms with Crippen molar-refractivity contribution in [2.45, 2.75) is 38.0 Å². The van der Waals surface area contributed by atoms with E-state index in [1.54, 1.807) is 0 Å². The minimum absolute atomic E-state index is 0.569. The van der Waals surface area contributed by atoms with Gasteiger partial charge in [0, 0.05) is 33.3 Å². The number of anilines is 3. The van der Waals surface area contributed by atoms with Crippen LogP contribution in [0.5, 0.6) is 0 Å². The fourth-order valence-electron chi connectivity index (χ4n) is 11.6. The van der Waals surface area contributed by atoms with Gasteiger partial charge >= 0.3 is 0 Å². The van der Waals surface area contributed by atoms with Gasteiger partial charge in [0.25, 0.3) is 0 Å². The molecular weight excluding hydrogens is 821 g/mol. The van der Waals surface area contributed by atoms with E-state index in [2.05, 4.69) is 246 Å². The van der Waals surface area contributed by atoms with E-state index in [1.165, 1.54) is 125 Å². The SMILES string of the molecule is c1ccc(-n2c3ccccc3c3cc(-c4ccccc4N(c4ccc(-c5cccc6c5ccc5ccccc56)cc4)c4ccccc4-c4cccc5cccc(C6CCCCC6)c45)ccc32)cc1. The second-order valence-electron chi connectivity index (χ2n) is 18.6. The van der Waals surface area contributed by atoms with Crippen LogP contribution in [0.4, 0.5) is 17.1 Å². The summed E-state index contributed by atoms with van der Waals surface area (Å²) in [6.07, 6.45) is 6.44. The van der Waals surface area contributed by atoms with E-state index in [4.69, 9.17) is 0 Å². The number of fused-ring (bicyclic) bond motifs is 7. The quantitative estimate of drug-likeness (QED) is 0.138. The zero-order valence-corrected chi connectivity index (χ0v) is 38.0. The summed E-state index contributed by atoms with van der Waals surface area (Å²) in [5.74, 6) is 0.569. The Balaban J connectivity index is 1.02. The molecule has 0 N–H and O–H groups in total. The van der Waals surface area contributed by atoms with Crippen molar-refractivity contribution >= 4 is 71.2 Å². The lowest BCUT2D eigenvalue weighted by Crippen LogP contribution is -2.12. The Labute approximate surface area is 398 Å². The van der Waals surface area contributed by atoms with E-state index in [0.29, 0.717) is 5.92 Å². The summed E-state index contributed by atoms with van der Waals surface area (Å²) >= 11 is 0. The molecule has 324 valence electrons. The smallest absolute Gasteiger partial charge is 0.0541 e. The van der Waals surface area contributed by atoms with Crippen molar-refractivity contribution < 1.29 is 0 Å². The van der Waals surface area contributed by atoms with Crippen LogP contribution in [0.3, 0.4) is 0 Å². The van der Waals surface area contributed by atoms with Crippen molar-refractivity contribution in [2.24, 2.45) is 0 Å². The second-order valence-corrected chi connectivity index (χ2v) is 18.6. The van der Waals surface area contributed by atoms with Gasteiger partial charge in [-0.3, -0.25) is 0 Å². The lowest BCUT2D eigenvalue weighted by atomic mass is 9.80. The predicted molar refractivity (Wildman–Crippen MR) is 290 cm³/mol. The maximum Gasteiger partial charge on any atom is 0.0541 e. The molecule has 0 saturated heterocycles. The Bertz CT molecular complexity index is 3830. The lowest BCUT2D eigenvalue weighted by molar-refractivity contribution is 0.445. The van der Waals surface area contributed by atoms with Crippen LogP contribution in [0, 0.1) is 0 Å². The maximum atomic E-state index is 2.52. The standard InChI is InChI=1S/C66H50N2/c1-3-18-45(19-4-1)55-30-15-21-48-22-16-32-60(66(48)55)58-27-10-13-34-63(58)68(51-40-36-47(37-41-51)53-29-17-31-56-52-25-8-7-20-46(52)38-42-57(53)56)62-33-12-9-26-54(62)49-39-43-65-61(44-49)59-28-11-14-35-64(59)67(65)50-23-5-2-6-24-50/h2,5-17,20-45H,1,3-4,18-19H2. The zero-order chi connectivity index (χ0) is 45.0. The van der Waals surface area contributed by atoms with E-state index in [1.807, 2.05) is 0 Å². The first-order valence-corrected chi connectivity index (χ1v) is 24.4. The number of hydrogen-bond donors (Lipinski definition) is 0. The molecule has 2 heteroatoms. The number of nitrogens with zero attached hydrogens (tertiary/aromatic N) is 2. The van der Waals surface area contributed by atoms with Crippen molar-refractivity contribution in [3.05, 3.63) is 242 Å². The molecule has 1 aromatic heterocycles. The second kappa shape index (κ2) is 16.9. The molecule has 0 atom stereocenters. The number of hydrogen-bond acceptors (Lipinski definition) is 1. The minimum Gasteiger partial charge on any atom is -0.309 e. The van der Waals surface area contributed by atoms with Crippen molar-refractivity contribution in [3.8, 4) is 39.1 Å². The molecule has 11 aromatic carbocycles. The molecule has 13 rings (SSSR count). The van der Waals surface area contributed by atoms with Gasteiger partial charge in [0.1, 0.15) is 0 Å². The Morgan fingerprint density at radius 1 is 0.353 bits per heavy atom. The predicted octanol–water partition coefficient (Wildman–Crippen LogP) is 18.8. The normalized spacial score (nSPS) is 13.2. The van der Waals surface area contributed by atoms with Gasteiger partial charge < -0.3 is 9.47 Å². The van der Waals surface area contributed by atoms with Crippen molar-refractivity contribution in [2.75, 3.05) is 4.90 Å². The summed E-state index contributed by atoms with van der Waals surface area (Å²) in [6, 6.07) is 87.9. The van der Waals surface area contributed by atoms with Gasteiger partial charge in [0.15, 0.2) is 0 Å². The first-order valence-electron chi connectivity index (χ1n) is 24.4. The highest BCUT2D eigenvalue weighted by Gasteiger charge is 2.25. The van der Waals surface area contributed by atoms with Gasteiger partial charge in [0.2, 0.25) is 0 Å². The third-order valence-electron chi connectivity index (χ3n) is 14.8. The Kier molecular flexibility index (Phi) is 9.97. The highest BCUT2D eigenvalue weighted by Crippen LogP contribution is 2.49. The summed E-state index contributed by atoms with van der Waals surface area (Å²) < 4.78 is 2.40. The molecule has 0 amide bonds. The summed E-state index contributed by atoms with van der Waals surface area (Å²) in [6.45, 7) is 0. The van der Waals surface area contributed by atoms with Gasteiger partial charge in [-0.2, -0.15) is 0 Å². The Hall–Kier alpha value is -8.20. The number of aromatic nitrogens is 1. The van der Waals surface area contributed by atoms with Crippen LogP contribution in [0.2, 0.25) is 0 Å². The lowest BCUT2D eigenvalue weighted by Gasteiger charge is -2.31. The first-order chi connectivity index (χ1) is 33.8. The average Bonchev–Trinajstić information content (AvgIpc) is 3.75. The maximum absolute atomic E-state index is 2.52. The summed E-state index contributed by atoms with van der Waals surface area (Å²) in [4.78, 5) is 2.52. The number of rotatable bonds is 8. The molecule has 0 bridgehead atoms. The Morgan fingerprint density at radius 2 is 0.956 bits per heavy atom. The van der Waals surface area contributed by atoms with E-state index < -0.39 is 0 Å². The number of benzene rings is 11. The third-order valence-corrected chi connectivity index (χ3v) is 14.8. The van der Waals surface area contributed by atoms with E-state index in [9.17, 15) is 0 Å². The van der Waals surface area contributed by atoms with Crippen LogP contribution < -0.4 is 4.90 Å². The molecule has 1 aliphatic rings.